The van der Waals surface area contributed by atoms with Gasteiger partial charge in [0.15, 0.2) is 0 Å². The highest BCUT2D eigenvalue weighted by atomic mass is 16.4. The third kappa shape index (κ3) is 3.87. The fourth-order valence-electron chi connectivity index (χ4n) is 1.64. The Hall–Kier alpha value is -1.85. The predicted octanol–water partition coefficient (Wildman–Crippen LogP) is 1.23. The molecule has 0 amide bonds. The zero-order chi connectivity index (χ0) is 13.5. The monoisotopic (exact) mass is 252 g/mol. The van der Waals surface area contributed by atoms with Gasteiger partial charge in [-0.1, -0.05) is 0 Å². The van der Waals surface area contributed by atoms with Crippen molar-refractivity contribution >= 4 is 17.6 Å². The number of nitrogens with zero attached hydrogens (tertiary/aromatic N) is 4. The summed E-state index contributed by atoms with van der Waals surface area (Å²) in [5.74, 6) is 0.806. The summed E-state index contributed by atoms with van der Waals surface area (Å²) in [6.07, 6.45) is 1.61. The van der Waals surface area contributed by atoms with Crippen LogP contribution in [-0.2, 0) is 4.79 Å². The lowest BCUT2D eigenvalue weighted by atomic mass is 10.3. The van der Waals surface area contributed by atoms with Gasteiger partial charge in [0, 0.05) is 32.7 Å². The Morgan fingerprint density at radius 2 is 1.89 bits per heavy atom. The molecule has 6 nitrogen and oxygen atoms in total. The molecule has 0 aliphatic carbocycles. The molecular formula is C12H20N4O2. The van der Waals surface area contributed by atoms with Gasteiger partial charge in [-0.05, 0) is 13.8 Å². The molecular weight excluding hydrogens is 232 g/mol. The Morgan fingerprint density at radius 1 is 1.28 bits per heavy atom. The maximum Gasteiger partial charge on any atom is 0.305 e. The summed E-state index contributed by atoms with van der Waals surface area (Å²) in [4.78, 5) is 22.9. The first-order valence-electron chi connectivity index (χ1n) is 6.08. The van der Waals surface area contributed by atoms with Crippen LogP contribution in [0.2, 0.25) is 0 Å². The average Bonchev–Trinajstić information content (AvgIpc) is 2.38. The van der Waals surface area contributed by atoms with Gasteiger partial charge >= 0.3 is 5.97 Å². The number of aliphatic carboxylic acids is 1. The number of carboxylic acids is 1. The van der Waals surface area contributed by atoms with E-state index in [9.17, 15) is 4.79 Å². The molecule has 0 unspecified atom stereocenters. The Morgan fingerprint density at radius 3 is 2.44 bits per heavy atom. The lowest BCUT2D eigenvalue weighted by molar-refractivity contribution is -0.136. The summed E-state index contributed by atoms with van der Waals surface area (Å²) < 4.78 is 0. The summed E-state index contributed by atoms with van der Waals surface area (Å²) in [6.45, 7) is 6.33. The zero-order valence-corrected chi connectivity index (χ0v) is 11.1. The van der Waals surface area contributed by atoms with Crippen LogP contribution in [0.3, 0.4) is 0 Å². The van der Waals surface area contributed by atoms with E-state index >= 15 is 0 Å². The molecule has 0 saturated heterocycles. The quantitative estimate of drug-likeness (QED) is 0.787. The summed E-state index contributed by atoms with van der Waals surface area (Å²) >= 11 is 0. The van der Waals surface area contributed by atoms with E-state index in [4.69, 9.17) is 5.11 Å². The van der Waals surface area contributed by atoms with Crippen molar-refractivity contribution in [1.29, 1.82) is 0 Å². The molecule has 0 bridgehead atoms. The van der Waals surface area contributed by atoms with Gasteiger partial charge in [0.2, 0.25) is 0 Å². The van der Waals surface area contributed by atoms with Gasteiger partial charge in [0.25, 0.3) is 0 Å². The maximum atomic E-state index is 10.5. The van der Waals surface area contributed by atoms with Crippen molar-refractivity contribution in [3.63, 3.8) is 0 Å². The molecule has 18 heavy (non-hydrogen) atoms. The van der Waals surface area contributed by atoms with Crippen LogP contribution < -0.4 is 9.80 Å². The molecule has 0 aliphatic rings. The van der Waals surface area contributed by atoms with E-state index in [1.807, 2.05) is 18.0 Å². The van der Waals surface area contributed by atoms with E-state index in [0.717, 1.165) is 24.7 Å². The standard InChI is InChI=1S/C12H20N4O2/c1-4-16(5-2)11-8-10(13-9-14-11)15(3)7-6-12(17)18/h8-9H,4-7H2,1-3H3,(H,17,18). The molecule has 1 aromatic rings. The van der Waals surface area contributed by atoms with Gasteiger partial charge in [0.05, 0.1) is 6.42 Å². The fraction of sp³-hybridized carbons (Fsp3) is 0.583. The molecule has 0 radical (unpaired) electrons. The van der Waals surface area contributed by atoms with E-state index < -0.39 is 5.97 Å². The van der Waals surface area contributed by atoms with Crippen molar-refractivity contribution in [2.75, 3.05) is 36.5 Å². The average molecular weight is 252 g/mol. The highest BCUT2D eigenvalue weighted by Gasteiger charge is 2.09. The van der Waals surface area contributed by atoms with E-state index in [0.29, 0.717) is 6.54 Å². The van der Waals surface area contributed by atoms with Crippen LogP contribution in [0.5, 0.6) is 0 Å². The third-order valence-electron chi connectivity index (χ3n) is 2.78. The van der Waals surface area contributed by atoms with Gasteiger partial charge < -0.3 is 14.9 Å². The summed E-state index contributed by atoms with van der Waals surface area (Å²) in [5, 5.41) is 8.66. The molecule has 0 aromatic carbocycles. The molecule has 1 heterocycles. The van der Waals surface area contributed by atoms with Crippen LogP contribution in [0.1, 0.15) is 20.3 Å². The van der Waals surface area contributed by atoms with E-state index in [1.54, 1.807) is 0 Å². The summed E-state index contributed by atoms with van der Waals surface area (Å²) in [6, 6.07) is 1.88. The molecule has 0 aliphatic heterocycles. The van der Waals surface area contributed by atoms with Gasteiger partial charge in [-0.3, -0.25) is 4.79 Å². The van der Waals surface area contributed by atoms with E-state index in [-0.39, 0.29) is 6.42 Å². The van der Waals surface area contributed by atoms with Crippen LogP contribution in [0.25, 0.3) is 0 Å². The first-order valence-corrected chi connectivity index (χ1v) is 6.08. The second kappa shape index (κ2) is 6.78. The Bertz CT molecular complexity index is 393. The van der Waals surface area contributed by atoms with Crippen LogP contribution in [0.15, 0.2) is 12.4 Å². The highest BCUT2D eigenvalue weighted by Crippen LogP contribution is 2.16. The largest absolute Gasteiger partial charge is 0.481 e. The van der Waals surface area contributed by atoms with E-state index in [1.165, 1.54) is 6.33 Å². The van der Waals surface area contributed by atoms with E-state index in [2.05, 4.69) is 28.7 Å². The summed E-state index contributed by atoms with van der Waals surface area (Å²) in [5.41, 5.74) is 0. The van der Waals surface area contributed by atoms with Gasteiger partial charge in [-0.25, -0.2) is 9.97 Å². The molecule has 1 aromatic heterocycles. The topological polar surface area (TPSA) is 69.6 Å². The van der Waals surface area contributed by atoms with Gasteiger partial charge in [0.1, 0.15) is 18.0 Å². The normalized spacial score (nSPS) is 10.2. The minimum absolute atomic E-state index is 0.0983. The van der Waals surface area contributed by atoms with Crippen molar-refractivity contribution in [2.45, 2.75) is 20.3 Å². The number of carbonyl (C=O) groups is 1. The van der Waals surface area contributed by atoms with Crippen molar-refractivity contribution in [2.24, 2.45) is 0 Å². The lowest BCUT2D eigenvalue weighted by Gasteiger charge is -2.22. The first kappa shape index (κ1) is 14.2. The van der Waals surface area contributed by atoms with Crippen molar-refractivity contribution in [1.82, 2.24) is 9.97 Å². The third-order valence-corrected chi connectivity index (χ3v) is 2.78. The Labute approximate surface area is 107 Å². The van der Waals surface area contributed by atoms with Gasteiger partial charge in [-0.2, -0.15) is 0 Å². The highest BCUT2D eigenvalue weighted by molar-refractivity contribution is 5.67. The number of hydrogen-bond acceptors (Lipinski definition) is 5. The minimum Gasteiger partial charge on any atom is -0.481 e. The molecule has 0 atom stereocenters. The smallest absolute Gasteiger partial charge is 0.305 e. The minimum atomic E-state index is -0.806. The maximum absolute atomic E-state index is 10.5. The molecule has 0 saturated carbocycles. The number of carboxylic acid groups (broad SMARTS) is 1. The van der Waals surface area contributed by atoms with Crippen LogP contribution in [-0.4, -0.2) is 47.7 Å². The SMILES string of the molecule is CCN(CC)c1cc(N(C)CCC(=O)O)ncn1. The molecule has 0 spiro atoms. The first-order chi connectivity index (χ1) is 8.58. The fourth-order valence-corrected chi connectivity index (χ4v) is 1.64. The molecule has 6 heteroatoms. The summed E-state index contributed by atoms with van der Waals surface area (Å²) in [7, 11) is 1.83. The van der Waals surface area contributed by atoms with Crippen LogP contribution in [0, 0.1) is 0 Å². The second-order valence-corrected chi connectivity index (χ2v) is 3.97. The molecule has 100 valence electrons. The van der Waals surface area contributed by atoms with Gasteiger partial charge in [-0.15, -0.1) is 0 Å². The zero-order valence-electron chi connectivity index (χ0n) is 11.1. The number of anilines is 2. The van der Waals surface area contributed by atoms with Crippen LogP contribution >= 0.6 is 0 Å². The van der Waals surface area contributed by atoms with Crippen molar-refractivity contribution in [3.05, 3.63) is 12.4 Å². The van der Waals surface area contributed by atoms with Crippen molar-refractivity contribution in [3.8, 4) is 0 Å². The Kier molecular flexibility index (Phi) is 5.35. The van der Waals surface area contributed by atoms with Crippen LogP contribution in [0.4, 0.5) is 11.6 Å². The Balaban J connectivity index is 2.77. The molecule has 1 N–H and O–H groups in total. The number of hydrogen-bond donors (Lipinski definition) is 1. The lowest BCUT2D eigenvalue weighted by Crippen LogP contribution is -2.25. The second-order valence-electron chi connectivity index (χ2n) is 3.97. The molecule has 1 rings (SSSR count). The molecule has 0 fully saturated rings. The number of rotatable bonds is 7. The predicted molar refractivity (Wildman–Crippen MR) is 71.1 cm³/mol. The van der Waals surface area contributed by atoms with Crippen molar-refractivity contribution < 1.29 is 9.90 Å². The number of aromatic nitrogens is 2.